The smallest absolute Gasteiger partial charge is 0.376 e. The zero-order valence-electron chi connectivity index (χ0n) is 21.7. The molecular formula is C25H26F6N6O3. The first-order valence-electron chi connectivity index (χ1n) is 12.2. The Morgan fingerprint density at radius 3 is 2.40 bits per heavy atom. The Balaban J connectivity index is 1.74. The first-order chi connectivity index (χ1) is 18.6. The van der Waals surface area contributed by atoms with Crippen molar-refractivity contribution >= 4 is 5.65 Å². The van der Waals surface area contributed by atoms with Gasteiger partial charge in [-0.15, -0.1) is 0 Å². The highest BCUT2D eigenvalue weighted by molar-refractivity contribution is 5.73. The normalized spacial score (nSPS) is 13.8. The van der Waals surface area contributed by atoms with Gasteiger partial charge in [0.05, 0.1) is 28.6 Å². The molecule has 3 N–H and O–H groups in total. The van der Waals surface area contributed by atoms with Crippen LogP contribution < -0.4 is 11.3 Å². The summed E-state index contributed by atoms with van der Waals surface area (Å²) in [5.41, 5.74) is 1.97. The quantitative estimate of drug-likeness (QED) is 0.271. The lowest BCUT2D eigenvalue weighted by Gasteiger charge is -2.22. The van der Waals surface area contributed by atoms with Gasteiger partial charge in [-0.1, -0.05) is 5.16 Å². The molecule has 9 nitrogen and oxygen atoms in total. The summed E-state index contributed by atoms with van der Waals surface area (Å²) in [5.74, 6) is -1.10. The van der Waals surface area contributed by atoms with Gasteiger partial charge in [0, 0.05) is 24.2 Å². The minimum Gasteiger partial charge on any atom is -0.376 e. The number of hydrogen-bond acceptors (Lipinski definition) is 7. The number of ether oxygens (including phenoxy) is 1. The third-order valence-corrected chi connectivity index (χ3v) is 6.02. The van der Waals surface area contributed by atoms with Crippen LogP contribution in [0, 0.1) is 0 Å². The number of aromatic nitrogens is 5. The molecular weight excluding hydrogens is 546 g/mol. The Bertz CT molecular complexity index is 1550. The highest BCUT2D eigenvalue weighted by Crippen LogP contribution is 2.40. The van der Waals surface area contributed by atoms with E-state index in [2.05, 4.69) is 20.2 Å². The van der Waals surface area contributed by atoms with E-state index in [1.54, 1.807) is 0 Å². The summed E-state index contributed by atoms with van der Waals surface area (Å²) in [6.45, 7) is 6.45. The number of aromatic amines is 1. The molecule has 216 valence electrons. The van der Waals surface area contributed by atoms with Gasteiger partial charge in [-0.2, -0.15) is 36.4 Å². The van der Waals surface area contributed by atoms with Gasteiger partial charge in [-0.3, -0.25) is 4.79 Å². The zero-order chi connectivity index (χ0) is 29.5. The summed E-state index contributed by atoms with van der Waals surface area (Å²) >= 11 is 0. The molecule has 0 spiro atoms. The van der Waals surface area contributed by atoms with E-state index >= 15 is 0 Å². The van der Waals surface area contributed by atoms with E-state index in [0.717, 1.165) is 0 Å². The van der Waals surface area contributed by atoms with E-state index in [-0.39, 0.29) is 34.7 Å². The monoisotopic (exact) mass is 572 g/mol. The minimum absolute atomic E-state index is 0.00852. The zero-order valence-corrected chi connectivity index (χ0v) is 21.7. The number of nitrogens with one attached hydrogen (secondary N) is 1. The van der Waals surface area contributed by atoms with Crippen LogP contribution in [0.4, 0.5) is 26.3 Å². The topological polar surface area (TPSA) is 124 Å². The number of alkyl halides is 6. The van der Waals surface area contributed by atoms with E-state index in [4.69, 9.17) is 15.0 Å². The van der Waals surface area contributed by atoms with Gasteiger partial charge in [-0.25, -0.2) is 4.52 Å². The molecule has 4 aromatic rings. The fourth-order valence-electron chi connectivity index (χ4n) is 4.20. The molecule has 0 amide bonds. The van der Waals surface area contributed by atoms with Crippen molar-refractivity contribution in [2.24, 2.45) is 5.73 Å². The number of fused-ring (bicyclic) bond motifs is 1. The van der Waals surface area contributed by atoms with Crippen LogP contribution in [0.15, 0.2) is 39.8 Å². The van der Waals surface area contributed by atoms with Crippen molar-refractivity contribution in [2.75, 3.05) is 13.2 Å². The van der Waals surface area contributed by atoms with Gasteiger partial charge in [0.25, 0.3) is 11.4 Å². The van der Waals surface area contributed by atoms with Gasteiger partial charge in [0.15, 0.2) is 0 Å². The average molecular weight is 573 g/mol. The summed E-state index contributed by atoms with van der Waals surface area (Å²) in [7, 11) is 0. The minimum atomic E-state index is -5.13. The largest absolute Gasteiger partial charge is 0.417 e. The molecule has 4 rings (SSSR count). The lowest BCUT2D eigenvalue weighted by Crippen LogP contribution is -2.23. The van der Waals surface area contributed by atoms with Crippen LogP contribution in [0.5, 0.6) is 0 Å². The van der Waals surface area contributed by atoms with E-state index in [0.29, 0.717) is 43.8 Å². The number of benzene rings is 1. The van der Waals surface area contributed by atoms with Crippen LogP contribution in [0.1, 0.15) is 56.4 Å². The molecule has 3 heterocycles. The molecule has 1 aromatic carbocycles. The first kappa shape index (κ1) is 29.3. The second-order valence-electron chi connectivity index (χ2n) is 10.1. The molecule has 0 aliphatic heterocycles. The van der Waals surface area contributed by atoms with Gasteiger partial charge in [-0.05, 0) is 58.4 Å². The lowest BCUT2D eigenvalue weighted by atomic mass is 9.97. The van der Waals surface area contributed by atoms with Crippen molar-refractivity contribution in [2.45, 2.75) is 57.5 Å². The summed E-state index contributed by atoms with van der Waals surface area (Å²) in [6, 6.07) is 2.50. The van der Waals surface area contributed by atoms with Gasteiger partial charge >= 0.3 is 12.4 Å². The van der Waals surface area contributed by atoms with Crippen LogP contribution in [-0.2, 0) is 17.1 Å². The Kier molecular flexibility index (Phi) is 7.82. The summed E-state index contributed by atoms with van der Waals surface area (Å²) in [4.78, 5) is 19.2. The molecule has 1 unspecified atom stereocenters. The third-order valence-electron chi connectivity index (χ3n) is 6.02. The molecule has 0 saturated heterocycles. The SMILES string of the molecule is CC(C)(C)OCCC(CCN)c1cc(=O)[nH]c2c(-c3nc(-c4ccc(C(F)(F)F)cc4C(F)(F)F)no3)cnn12. The maximum atomic E-state index is 13.6. The second kappa shape index (κ2) is 10.7. The number of hydrogen-bond donors (Lipinski definition) is 2. The molecule has 3 aromatic heterocycles. The van der Waals surface area contributed by atoms with E-state index in [9.17, 15) is 31.1 Å². The predicted molar refractivity (Wildman–Crippen MR) is 131 cm³/mol. The Labute approximate surface area is 223 Å². The van der Waals surface area contributed by atoms with Crippen LogP contribution >= 0.6 is 0 Å². The van der Waals surface area contributed by atoms with Crippen molar-refractivity contribution in [1.29, 1.82) is 0 Å². The average Bonchev–Trinajstić information content (AvgIpc) is 3.48. The van der Waals surface area contributed by atoms with E-state index in [1.807, 2.05) is 20.8 Å². The molecule has 15 heteroatoms. The number of halogens is 6. The van der Waals surface area contributed by atoms with Crippen molar-refractivity contribution < 1.29 is 35.6 Å². The van der Waals surface area contributed by atoms with E-state index < -0.39 is 40.4 Å². The van der Waals surface area contributed by atoms with Gasteiger partial charge in [0.1, 0.15) is 11.2 Å². The van der Waals surface area contributed by atoms with Crippen molar-refractivity contribution in [3.63, 3.8) is 0 Å². The van der Waals surface area contributed by atoms with Crippen LogP contribution in [0.2, 0.25) is 0 Å². The molecule has 0 aliphatic rings. The summed E-state index contributed by atoms with van der Waals surface area (Å²) in [6.07, 6.45) is -7.78. The molecule has 1 atom stereocenters. The Morgan fingerprint density at radius 2 is 1.77 bits per heavy atom. The number of nitrogens with zero attached hydrogens (tertiary/aromatic N) is 4. The maximum Gasteiger partial charge on any atom is 0.417 e. The highest BCUT2D eigenvalue weighted by Gasteiger charge is 2.39. The maximum absolute atomic E-state index is 13.6. The highest BCUT2D eigenvalue weighted by atomic mass is 19.4. The molecule has 0 saturated carbocycles. The molecule has 0 aliphatic carbocycles. The number of nitrogens with two attached hydrogens (primary N) is 1. The summed E-state index contributed by atoms with van der Waals surface area (Å²) < 4.78 is 92.5. The Morgan fingerprint density at radius 1 is 1.05 bits per heavy atom. The second-order valence-corrected chi connectivity index (χ2v) is 10.1. The fraction of sp³-hybridized carbons (Fsp3) is 0.440. The lowest BCUT2D eigenvalue weighted by molar-refractivity contribution is -0.142. The third kappa shape index (κ3) is 6.36. The molecule has 0 radical (unpaired) electrons. The van der Waals surface area contributed by atoms with Gasteiger partial charge < -0.3 is 20.0 Å². The van der Waals surface area contributed by atoms with Crippen LogP contribution in [0.3, 0.4) is 0 Å². The number of rotatable bonds is 8. The van der Waals surface area contributed by atoms with Gasteiger partial charge in [0.2, 0.25) is 5.82 Å². The fourth-order valence-corrected chi connectivity index (χ4v) is 4.20. The molecule has 0 bridgehead atoms. The van der Waals surface area contributed by atoms with Crippen molar-refractivity contribution in [1.82, 2.24) is 24.7 Å². The standard InChI is InChI=1S/C25H26F6N6O3/c1-23(2,3)39-9-7-13(6-8-32)18-11-19(38)34-21-16(12-33-37(18)21)22-35-20(36-40-22)15-5-4-14(24(26,27)28)10-17(15)25(29,30)31/h4-5,10-13H,6-9,32H2,1-3H3,(H,34,38). The molecule has 40 heavy (non-hydrogen) atoms. The summed E-state index contributed by atoms with van der Waals surface area (Å²) in [5, 5.41) is 7.86. The van der Waals surface area contributed by atoms with Crippen LogP contribution in [0.25, 0.3) is 28.5 Å². The predicted octanol–water partition coefficient (Wildman–Crippen LogP) is 5.41. The van der Waals surface area contributed by atoms with Crippen molar-refractivity contribution in [3.05, 3.63) is 57.6 Å². The number of H-pyrrole nitrogens is 1. The molecule has 0 fully saturated rings. The Hall–Kier alpha value is -3.72. The first-order valence-corrected chi connectivity index (χ1v) is 12.2. The van der Waals surface area contributed by atoms with Crippen LogP contribution in [-0.4, -0.2) is 43.5 Å². The van der Waals surface area contributed by atoms with E-state index in [1.165, 1.54) is 16.8 Å². The van der Waals surface area contributed by atoms with Crippen molar-refractivity contribution in [3.8, 4) is 22.8 Å².